The van der Waals surface area contributed by atoms with Crippen molar-refractivity contribution in [2.45, 2.75) is 84.1 Å². The van der Waals surface area contributed by atoms with Gasteiger partial charge in [-0.25, -0.2) is 0 Å². The van der Waals surface area contributed by atoms with Crippen LogP contribution in [-0.4, -0.2) is 82.3 Å². The predicted molar refractivity (Wildman–Crippen MR) is 123 cm³/mol. The Morgan fingerprint density at radius 1 is 1.33 bits per heavy atom. The highest BCUT2D eigenvalue weighted by atomic mass is 16.6. The van der Waals surface area contributed by atoms with E-state index in [1.807, 2.05) is 13.8 Å². The lowest BCUT2D eigenvalue weighted by Gasteiger charge is -2.45. The van der Waals surface area contributed by atoms with Crippen LogP contribution < -0.4 is 0 Å². The number of carbonyl (C=O) groups is 3. The van der Waals surface area contributed by atoms with E-state index in [1.54, 1.807) is 17.9 Å². The molecule has 0 aliphatic carbocycles. The summed E-state index contributed by atoms with van der Waals surface area (Å²) in [6, 6.07) is -0.897. The van der Waals surface area contributed by atoms with Crippen molar-refractivity contribution >= 4 is 17.8 Å². The fourth-order valence-electron chi connectivity index (χ4n) is 6.59. The molecule has 3 rings (SSSR count). The highest BCUT2D eigenvalue weighted by Crippen LogP contribution is 2.59. The van der Waals surface area contributed by atoms with E-state index in [0.29, 0.717) is 19.4 Å². The van der Waals surface area contributed by atoms with Gasteiger partial charge in [0, 0.05) is 18.6 Å². The summed E-state index contributed by atoms with van der Waals surface area (Å²) in [7, 11) is 0. The lowest BCUT2D eigenvalue weighted by Crippen LogP contribution is -2.61. The summed E-state index contributed by atoms with van der Waals surface area (Å²) in [6.07, 6.45) is 3.12. The Kier molecular flexibility index (Phi) is 7.02. The van der Waals surface area contributed by atoms with Gasteiger partial charge >= 0.3 is 5.97 Å². The van der Waals surface area contributed by atoms with Crippen LogP contribution in [0.1, 0.15) is 60.8 Å². The Bertz CT molecular complexity index is 803. The lowest BCUT2D eigenvalue weighted by atomic mass is 9.70. The topological polar surface area (TPSA) is 96.4 Å². The molecule has 2 amide bonds. The molecule has 0 aromatic rings. The van der Waals surface area contributed by atoms with E-state index in [1.165, 1.54) is 4.90 Å². The molecule has 0 aromatic heterocycles. The van der Waals surface area contributed by atoms with Crippen molar-refractivity contribution < 1.29 is 29.0 Å². The van der Waals surface area contributed by atoms with Crippen molar-refractivity contribution in [3.05, 3.63) is 12.7 Å². The highest BCUT2D eigenvalue weighted by Gasteiger charge is 2.75. The summed E-state index contributed by atoms with van der Waals surface area (Å²) in [5.74, 6) is -2.48. The summed E-state index contributed by atoms with van der Waals surface area (Å²) in [5.41, 5.74) is -1.62. The molecule has 2 unspecified atom stereocenters. The number of fused-ring (bicyclic) bond motifs is 1. The first-order valence-electron chi connectivity index (χ1n) is 12.0. The first-order valence-corrected chi connectivity index (χ1v) is 12.0. The lowest BCUT2D eigenvalue weighted by molar-refractivity contribution is -0.156. The minimum absolute atomic E-state index is 0.0126. The second-order valence-electron chi connectivity index (χ2n) is 11.4. The molecular formula is C25H40N2O6. The second kappa shape index (κ2) is 9.02. The normalized spacial score (nSPS) is 31.0. The molecule has 33 heavy (non-hydrogen) atoms. The number of likely N-dealkylation sites (tertiary alicyclic amines) is 1. The van der Waals surface area contributed by atoms with Gasteiger partial charge in [-0.15, -0.1) is 6.58 Å². The van der Waals surface area contributed by atoms with Crippen LogP contribution in [-0.2, 0) is 23.9 Å². The standard InChI is InChI=1S/C25H40N2O6/c1-8-12-27(24(6,7)15-23(3,4)5)21(30)19-25-11-10-16(33-25)17(22(31)32-9-2)18(25)20(29)26(19)13-14-28/h8,16-19,28H,1,9-15H2,2-7H3/t16-,17+,18-,19?,25?/m0/s1. The Hall–Kier alpha value is -1.93. The van der Waals surface area contributed by atoms with Crippen molar-refractivity contribution in [3.8, 4) is 0 Å². The second-order valence-corrected chi connectivity index (χ2v) is 11.4. The van der Waals surface area contributed by atoms with Gasteiger partial charge in [0.25, 0.3) is 0 Å². The number of hydrogen-bond donors (Lipinski definition) is 1. The van der Waals surface area contributed by atoms with Gasteiger partial charge < -0.3 is 24.4 Å². The summed E-state index contributed by atoms with van der Waals surface area (Å²) < 4.78 is 11.6. The van der Waals surface area contributed by atoms with E-state index < -0.39 is 41.1 Å². The zero-order valence-corrected chi connectivity index (χ0v) is 20.9. The van der Waals surface area contributed by atoms with Gasteiger partial charge in [0.05, 0.1) is 31.2 Å². The van der Waals surface area contributed by atoms with Gasteiger partial charge in [-0.3, -0.25) is 14.4 Å². The number of esters is 1. The third kappa shape index (κ3) is 4.32. The van der Waals surface area contributed by atoms with Crippen molar-refractivity contribution in [1.29, 1.82) is 0 Å². The third-order valence-electron chi connectivity index (χ3n) is 7.21. The van der Waals surface area contributed by atoms with Gasteiger partial charge in [0.2, 0.25) is 11.8 Å². The molecule has 8 nitrogen and oxygen atoms in total. The highest BCUT2D eigenvalue weighted by molar-refractivity contribution is 5.98. The SMILES string of the molecule is C=CCN(C(=O)C1N(CCO)C(=O)[C@@H]2[C@H](C(=O)OCC)[C@@H]3CCC12O3)C(C)(C)CC(C)(C)C. The molecular weight excluding hydrogens is 424 g/mol. The molecule has 8 heteroatoms. The number of rotatable bonds is 9. The Morgan fingerprint density at radius 2 is 2.00 bits per heavy atom. The van der Waals surface area contributed by atoms with Crippen molar-refractivity contribution in [2.24, 2.45) is 17.3 Å². The fourth-order valence-corrected chi connectivity index (χ4v) is 6.59. The van der Waals surface area contributed by atoms with E-state index >= 15 is 0 Å². The molecule has 3 saturated heterocycles. The average Bonchev–Trinajstić information content (AvgIpc) is 3.32. The molecule has 1 N–H and O–H groups in total. The number of carbonyl (C=O) groups excluding carboxylic acids is 3. The first-order chi connectivity index (χ1) is 15.3. The zero-order chi connectivity index (χ0) is 24.8. The number of amides is 2. The van der Waals surface area contributed by atoms with Gasteiger partial charge in [-0.05, 0) is 45.4 Å². The first kappa shape index (κ1) is 25.7. The largest absolute Gasteiger partial charge is 0.466 e. The minimum Gasteiger partial charge on any atom is -0.466 e. The number of aliphatic hydroxyl groups is 1. The molecule has 5 atom stereocenters. The smallest absolute Gasteiger partial charge is 0.312 e. The van der Waals surface area contributed by atoms with Crippen LogP contribution in [0.15, 0.2) is 12.7 Å². The summed E-state index contributed by atoms with van der Waals surface area (Å²) in [6.45, 7) is 16.3. The maximum Gasteiger partial charge on any atom is 0.312 e. The van der Waals surface area contributed by atoms with Crippen LogP contribution in [0.5, 0.6) is 0 Å². The van der Waals surface area contributed by atoms with E-state index in [4.69, 9.17) is 9.47 Å². The van der Waals surface area contributed by atoms with Crippen molar-refractivity contribution in [3.63, 3.8) is 0 Å². The number of aliphatic hydroxyl groups excluding tert-OH is 1. The van der Waals surface area contributed by atoms with E-state index in [0.717, 1.165) is 6.42 Å². The molecule has 3 aliphatic heterocycles. The van der Waals surface area contributed by atoms with Gasteiger partial charge in [-0.1, -0.05) is 26.8 Å². The van der Waals surface area contributed by atoms with E-state index in [2.05, 4.69) is 27.4 Å². The molecule has 3 heterocycles. The molecule has 0 saturated carbocycles. The summed E-state index contributed by atoms with van der Waals surface area (Å²) in [4.78, 5) is 43.8. The predicted octanol–water partition coefficient (Wildman–Crippen LogP) is 2.15. The minimum atomic E-state index is -1.08. The molecule has 0 aromatic carbocycles. The zero-order valence-electron chi connectivity index (χ0n) is 20.9. The van der Waals surface area contributed by atoms with Crippen LogP contribution in [0.25, 0.3) is 0 Å². The van der Waals surface area contributed by atoms with Gasteiger partial charge in [0.15, 0.2) is 0 Å². The Morgan fingerprint density at radius 3 is 2.55 bits per heavy atom. The van der Waals surface area contributed by atoms with E-state index in [9.17, 15) is 19.5 Å². The monoisotopic (exact) mass is 464 g/mol. The van der Waals surface area contributed by atoms with Crippen LogP contribution >= 0.6 is 0 Å². The Balaban J connectivity index is 2.04. The molecule has 0 radical (unpaired) electrons. The average molecular weight is 465 g/mol. The van der Waals surface area contributed by atoms with Crippen LogP contribution in [0.2, 0.25) is 0 Å². The third-order valence-corrected chi connectivity index (χ3v) is 7.21. The molecule has 3 fully saturated rings. The van der Waals surface area contributed by atoms with E-state index in [-0.39, 0.29) is 37.0 Å². The van der Waals surface area contributed by atoms with Crippen molar-refractivity contribution in [2.75, 3.05) is 26.3 Å². The molecule has 1 spiro atoms. The van der Waals surface area contributed by atoms with Crippen LogP contribution in [0.4, 0.5) is 0 Å². The quantitative estimate of drug-likeness (QED) is 0.415. The van der Waals surface area contributed by atoms with Crippen molar-refractivity contribution in [1.82, 2.24) is 9.80 Å². The molecule has 3 aliphatic rings. The Labute approximate surface area is 197 Å². The number of hydrogen-bond acceptors (Lipinski definition) is 6. The number of β-amino-alcohol motifs (C(OH)–C–C–N with tert-alkyl or cyclic N) is 1. The molecule has 2 bridgehead atoms. The molecule has 186 valence electrons. The van der Waals surface area contributed by atoms with Crippen LogP contribution in [0, 0.1) is 17.3 Å². The number of nitrogens with zero attached hydrogens (tertiary/aromatic N) is 2. The van der Waals surface area contributed by atoms with Gasteiger partial charge in [-0.2, -0.15) is 0 Å². The van der Waals surface area contributed by atoms with Gasteiger partial charge in [0.1, 0.15) is 11.6 Å². The summed E-state index contributed by atoms with van der Waals surface area (Å²) in [5, 5.41) is 9.72. The summed E-state index contributed by atoms with van der Waals surface area (Å²) >= 11 is 0. The fraction of sp³-hybridized carbons (Fsp3) is 0.800. The maximum absolute atomic E-state index is 14.2. The number of ether oxygens (including phenoxy) is 2. The van der Waals surface area contributed by atoms with Crippen LogP contribution in [0.3, 0.4) is 0 Å². The maximum atomic E-state index is 14.2.